The largest absolute Gasteiger partial charge is 0.330 e. The number of hydrogen-bond donors (Lipinski definition) is 2. The van der Waals surface area contributed by atoms with Crippen molar-refractivity contribution >= 4 is 23.3 Å². The minimum absolute atomic E-state index is 0.0224. The first-order chi connectivity index (χ1) is 12.0. The van der Waals surface area contributed by atoms with Gasteiger partial charge in [-0.25, -0.2) is 13.6 Å². The highest BCUT2D eigenvalue weighted by Gasteiger charge is 2.12. The molecule has 0 saturated carbocycles. The summed E-state index contributed by atoms with van der Waals surface area (Å²) in [6.45, 7) is -0.0224. The van der Waals surface area contributed by atoms with E-state index in [0.29, 0.717) is 10.7 Å². The Balaban J connectivity index is 1.66. The van der Waals surface area contributed by atoms with Crippen molar-refractivity contribution in [2.75, 3.05) is 5.32 Å². The molecule has 7 nitrogen and oxygen atoms in total. The molecule has 3 rings (SSSR count). The van der Waals surface area contributed by atoms with Crippen LogP contribution in [0.2, 0.25) is 5.02 Å². The predicted molar refractivity (Wildman–Crippen MR) is 86.4 cm³/mol. The summed E-state index contributed by atoms with van der Waals surface area (Å²) in [5.41, 5.74) is 0.793. The number of halogens is 3. The Morgan fingerprint density at radius 2 is 1.88 bits per heavy atom. The van der Waals surface area contributed by atoms with E-state index in [9.17, 15) is 13.6 Å². The molecule has 128 valence electrons. The van der Waals surface area contributed by atoms with Crippen LogP contribution in [0, 0.1) is 11.6 Å². The van der Waals surface area contributed by atoms with Crippen molar-refractivity contribution in [2.45, 2.75) is 6.54 Å². The van der Waals surface area contributed by atoms with Gasteiger partial charge < -0.3 is 10.6 Å². The van der Waals surface area contributed by atoms with E-state index in [1.54, 1.807) is 24.3 Å². The molecule has 2 aromatic carbocycles. The van der Waals surface area contributed by atoms with Gasteiger partial charge in [0.25, 0.3) is 0 Å². The van der Waals surface area contributed by atoms with Gasteiger partial charge in [0, 0.05) is 16.8 Å². The normalized spacial score (nSPS) is 10.5. The van der Waals surface area contributed by atoms with E-state index in [2.05, 4.69) is 26.2 Å². The number of carbonyl (C=O) groups excluding carboxylic acids is 1. The van der Waals surface area contributed by atoms with Crippen LogP contribution in [0.4, 0.5) is 19.3 Å². The standard InChI is InChI=1S/C15H11ClF2N6O/c16-9-1-3-10(4-2-9)20-15(25)19-8-14-21-22-23-24(14)11-5-6-12(17)13(18)7-11/h1-7H,8H2,(H2,19,20,25). The minimum atomic E-state index is -1.02. The Morgan fingerprint density at radius 3 is 2.60 bits per heavy atom. The lowest BCUT2D eigenvalue weighted by Crippen LogP contribution is -2.29. The molecule has 0 aliphatic carbocycles. The third-order valence-electron chi connectivity index (χ3n) is 3.19. The van der Waals surface area contributed by atoms with Crippen molar-refractivity contribution in [3.8, 4) is 5.69 Å². The summed E-state index contributed by atoms with van der Waals surface area (Å²) in [5.74, 6) is -1.75. The molecule has 0 aliphatic rings. The van der Waals surface area contributed by atoms with Crippen LogP contribution in [0.3, 0.4) is 0 Å². The number of hydrogen-bond acceptors (Lipinski definition) is 4. The summed E-state index contributed by atoms with van der Waals surface area (Å²) in [5, 5.41) is 16.7. The molecular formula is C15H11ClF2N6O. The van der Waals surface area contributed by atoms with Crippen LogP contribution < -0.4 is 10.6 Å². The molecule has 0 unspecified atom stereocenters. The van der Waals surface area contributed by atoms with Crippen molar-refractivity contribution in [3.05, 3.63) is 64.9 Å². The van der Waals surface area contributed by atoms with Crippen LogP contribution in [0.1, 0.15) is 5.82 Å². The van der Waals surface area contributed by atoms with E-state index in [1.807, 2.05) is 0 Å². The van der Waals surface area contributed by atoms with E-state index in [0.717, 1.165) is 12.1 Å². The summed E-state index contributed by atoms with van der Waals surface area (Å²) in [6, 6.07) is 9.34. The van der Waals surface area contributed by atoms with Gasteiger partial charge >= 0.3 is 6.03 Å². The van der Waals surface area contributed by atoms with Crippen molar-refractivity contribution in [2.24, 2.45) is 0 Å². The fourth-order valence-electron chi connectivity index (χ4n) is 2.00. The highest BCUT2D eigenvalue weighted by Crippen LogP contribution is 2.14. The zero-order chi connectivity index (χ0) is 17.8. The molecule has 0 spiro atoms. The van der Waals surface area contributed by atoms with E-state index in [-0.39, 0.29) is 18.1 Å². The second-order valence-electron chi connectivity index (χ2n) is 4.92. The summed E-state index contributed by atoms with van der Waals surface area (Å²) in [6.07, 6.45) is 0. The van der Waals surface area contributed by atoms with Gasteiger partial charge in [-0.3, -0.25) is 0 Å². The number of anilines is 1. The Morgan fingerprint density at radius 1 is 1.12 bits per heavy atom. The second kappa shape index (κ2) is 7.22. The first-order valence-corrected chi connectivity index (χ1v) is 7.44. The molecule has 1 heterocycles. The molecule has 0 saturated heterocycles. The van der Waals surface area contributed by atoms with Crippen LogP contribution in [-0.4, -0.2) is 26.2 Å². The van der Waals surface area contributed by atoms with Crippen LogP contribution in [0.5, 0.6) is 0 Å². The number of nitrogens with zero attached hydrogens (tertiary/aromatic N) is 4. The number of carbonyl (C=O) groups is 1. The highest BCUT2D eigenvalue weighted by molar-refractivity contribution is 6.30. The summed E-state index contributed by atoms with van der Waals surface area (Å²) in [7, 11) is 0. The van der Waals surface area contributed by atoms with Crippen LogP contribution in [-0.2, 0) is 6.54 Å². The zero-order valence-electron chi connectivity index (χ0n) is 12.6. The number of aromatic nitrogens is 4. The lowest BCUT2D eigenvalue weighted by Gasteiger charge is -2.08. The molecule has 0 aliphatic heterocycles. The van der Waals surface area contributed by atoms with Gasteiger partial charge in [0.05, 0.1) is 12.2 Å². The maximum absolute atomic E-state index is 13.3. The first kappa shape index (κ1) is 16.8. The van der Waals surface area contributed by atoms with Gasteiger partial charge in [-0.2, -0.15) is 4.68 Å². The average molecular weight is 365 g/mol. The molecule has 25 heavy (non-hydrogen) atoms. The van der Waals surface area contributed by atoms with E-state index in [1.165, 1.54) is 10.7 Å². The van der Waals surface area contributed by atoms with Crippen molar-refractivity contribution in [1.82, 2.24) is 25.5 Å². The fourth-order valence-corrected chi connectivity index (χ4v) is 2.13. The van der Waals surface area contributed by atoms with Gasteiger partial charge in [0.15, 0.2) is 17.5 Å². The van der Waals surface area contributed by atoms with Crippen LogP contribution in [0.25, 0.3) is 5.69 Å². The Bertz CT molecular complexity index is 899. The van der Waals surface area contributed by atoms with Gasteiger partial charge in [0.1, 0.15) is 0 Å². The maximum Gasteiger partial charge on any atom is 0.319 e. The lowest BCUT2D eigenvalue weighted by molar-refractivity contribution is 0.251. The summed E-state index contributed by atoms with van der Waals surface area (Å²) >= 11 is 5.77. The maximum atomic E-state index is 13.3. The topological polar surface area (TPSA) is 84.7 Å². The molecule has 0 fully saturated rings. The zero-order valence-corrected chi connectivity index (χ0v) is 13.3. The van der Waals surface area contributed by atoms with Crippen LogP contribution >= 0.6 is 11.6 Å². The monoisotopic (exact) mass is 364 g/mol. The molecule has 2 amide bonds. The fraction of sp³-hybridized carbons (Fsp3) is 0.0667. The lowest BCUT2D eigenvalue weighted by atomic mass is 10.3. The van der Waals surface area contributed by atoms with E-state index < -0.39 is 17.7 Å². The Hall–Kier alpha value is -3.07. The smallest absolute Gasteiger partial charge is 0.319 e. The van der Waals surface area contributed by atoms with Crippen molar-refractivity contribution in [3.63, 3.8) is 0 Å². The summed E-state index contributed by atoms with van der Waals surface area (Å²) in [4.78, 5) is 11.9. The first-order valence-electron chi connectivity index (χ1n) is 7.06. The number of benzene rings is 2. The van der Waals surface area contributed by atoms with Crippen LogP contribution in [0.15, 0.2) is 42.5 Å². The number of urea groups is 1. The predicted octanol–water partition coefficient (Wildman–Crippen LogP) is 2.92. The number of tetrazole rings is 1. The SMILES string of the molecule is O=C(NCc1nnnn1-c1ccc(F)c(F)c1)Nc1ccc(Cl)cc1. The molecular weight excluding hydrogens is 354 g/mol. The third kappa shape index (κ3) is 4.07. The van der Waals surface area contributed by atoms with E-state index >= 15 is 0 Å². The molecule has 0 bridgehead atoms. The number of rotatable bonds is 4. The van der Waals surface area contributed by atoms with Gasteiger partial charge in [0.2, 0.25) is 0 Å². The Kier molecular flexibility index (Phi) is 4.85. The van der Waals surface area contributed by atoms with Gasteiger partial charge in [-0.15, -0.1) is 5.10 Å². The van der Waals surface area contributed by atoms with Crippen molar-refractivity contribution < 1.29 is 13.6 Å². The minimum Gasteiger partial charge on any atom is -0.330 e. The average Bonchev–Trinajstić information content (AvgIpc) is 3.06. The van der Waals surface area contributed by atoms with Gasteiger partial charge in [-0.05, 0) is 46.8 Å². The number of nitrogens with one attached hydrogen (secondary N) is 2. The molecule has 0 radical (unpaired) electrons. The molecule has 10 heteroatoms. The molecule has 3 aromatic rings. The van der Waals surface area contributed by atoms with Gasteiger partial charge in [-0.1, -0.05) is 11.6 Å². The molecule has 0 atom stereocenters. The number of amides is 2. The van der Waals surface area contributed by atoms with Crippen molar-refractivity contribution in [1.29, 1.82) is 0 Å². The quantitative estimate of drug-likeness (QED) is 0.745. The second-order valence-corrected chi connectivity index (χ2v) is 5.36. The molecule has 2 N–H and O–H groups in total. The third-order valence-corrected chi connectivity index (χ3v) is 3.44. The highest BCUT2D eigenvalue weighted by atomic mass is 35.5. The molecule has 1 aromatic heterocycles. The summed E-state index contributed by atoms with van der Waals surface area (Å²) < 4.78 is 27.6. The Labute approximate surface area is 145 Å². The van der Waals surface area contributed by atoms with E-state index in [4.69, 9.17) is 11.6 Å².